The molecule has 1 aliphatic rings. The average molecular weight is 140 g/mol. The van der Waals surface area contributed by atoms with Crippen molar-refractivity contribution in [2.24, 2.45) is 5.92 Å². The molecule has 0 aromatic heterocycles. The third-order valence-electron chi connectivity index (χ3n) is 1.35. The number of carbonyl (C=O) groups excluding carboxylic acids is 1. The van der Waals surface area contributed by atoms with Gasteiger partial charge in [0.25, 0.3) is 5.78 Å². The van der Waals surface area contributed by atoms with Gasteiger partial charge in [0, 0.05) is 0 Å². The highest BCUT2D eigenvalue weighted by molar-refractivity contribution is 6.37. The van der Waals surface area contributed by atoms with Gasteiger partial charge in [-0.1, -0.05) is 6.08 Å². The van der Waals surface area contributed by atoms with E-state index in [2.05, 4.69) is 0 Å². The number of carbonyl (C=O) groups is 2. The molecule has 1 N–H and O–H groups in total. The fraction of sp³-hybridized carbons (Fsp3) is 0.429. The highest BCUT2D eigenvalue weighted by Crippen LogP contribution is 2.29. The Labute approximate surface area is 58.4 Å². The Morgan fingerprint density at radius 3 is 2.40 bits per heavy atom. The lowest BCUT2D eigenvalue weighted by atomic mass is 10.3. The van der Waals surface area contributed by atoms with Gasteiger partial charge < -0.3 is 5.11 Å². The second kappa shape index (κ2) is 2.64. The van der Waals surface area contributed by atoms with Gasteiger partial charge in [0.15, 0.2) is 0 Å². The quantitative estimate of drug-likeness (QED) is 0.461. The first-order valence-corrected chi connectivity index (χ1v) is 3.15. The Morgan fingerprint density at radius 1 is 1.40 bits per heavy atom. The molecule has 0 radical (unpaired) electrons. The molecule has 1 rings (SSSR count). The van der Waals surface area contributed by atoms with Crippen LogP contribution in [-0.4, -0.2) is 16.9 Å². The van der Waals surface area contributed by atoms with E-state index in [4.69, 9.17) is 5.11 Å². The maximum atomic E-state index is 10.4. The van der Waals surface area contributed by atoms with Crippen LogP contribution in [0.15, 0.2) is 12.2 Å². The monoisotopic (exact) mass is 140 g/mol. The van der Waals surface area contributed by atoms with Crippen molar-refractivity contribution in [3.63, 3.8) is 0 Å². The summed E-state index contributed by atoms with van der Waals surface area (Å²) in [6, 6.07) is 0. The van der Waals surface area contributed by atoms with Crippen molar-refractivity contribution in [1.29, 1.82) is 0 Å². The van der Waals surface area contributed by atoms with E-state index in [0.717, 1.165) is 18.9 Å². The van der Waals surface area contributed by atoms with Gasteiger partial charge in [0.1, 0.15) is 0 Å². The summed E-state index contributed by atoms with van der Waals surface area (Å²) in [7, 11) is 0. The Balaban J connectivity index is 2.35. The number of carboxylic acids is 1. The fourth-order valence-corrected chi connectivity index (χ4v) is 0.583. The van der Waals surface area contributed by atoms with E-state index >= 15 is 0 Å². The molecule has 0 saturated heterocycles. The van der Waals surface area contributed by atoms with E-state index in [1.54, 1.807) is 6.08 Å². The molecule has 0 amide bonds. The summed E-state index contributed by atoms with van der Waals surface area (Å²) >= 11 is 0. The van der Waals surface area contributed by atoms with Crippen LogP contribution < -0.4 is 0 Å². The minimum Gasteiger partial charge on any atom is -0.475 e. The Hall–Kier alpha value is -1.12. The molecule has 1 aliphatic carbocycles. The van der Waals surface area contributed by atoms with Crippen molar-refractivity contribution in [3.8, 4) is 0 Å². The van der Waals surface area contributed by atoms with Crippen LogP contribution in [0.25, 0.3) is 0 Å². The van der Waals surface area contributed by atoms with Crippen molar-refractivity contribution >= 4 is 11.8 Å². The van der Waals surface area contributed by atoms with Gasteiger partial charge >= 0.3 is 5.97 Å². The van der Waals surface area contributed by atoms with Crippen molar-refractivity contribution in [2.75, 3.05) is 0 Å². The van der Waals surface area contributed by atoms with Gasteiger partial charge in [-0.3, -0.25) is 4.79 Å². The second-order valence-electron chi connectivity index (χ2n) is 2.37. The van der Waals surface area contributed by atoms with Gasteiger partial charge in [0.05, 0.1) is 0 Å². The minimum atomic E-state index is -1.38. The van der Waals surface area contributed by atoms with E-state index in [9.17, 15) is 9.59 Å². The van der Waals surface area contributed by atoms with Crippen molar-refractivity contribution < 1.29 is 14.7 Å². The summed E-state index contributed by atoms with van der Waals surface area (Å²) in [4.78, 5) is 20.3. The lowest BCUT2D eigenvalue weighted by Gasteiger charge is -1.81. The summed E-state index contributed by atoms with van der Waals surface area (Å²) in [5.74, 6) is -1.74. The smallest absolute Gasteiger partial charge is 0.376 e. The predicted octanol–water partition coefficient (Wildman–Crippen LogP) is 0.606. The molecule has 0 aromatic rings. The van der Waals surface area contributed by atoms with Crippen LogP contribution in [0.2, 0.25) is 0 Å². The second-order valence-corrected chi connectivity index (χ2v) is 2.37. The molecule has 0 spiro atoms. The molecule has 0 unspecified atom stereocenters. The zero-order chi connectivity index (χ0) is 7.56. The lowest BCUT2D eigenvalue weighted by Crippen LogP contribution is -2.08. The number of allylic oxidation sites excluding steroid dienone is 1. The lowest BCUT2D eigenvalue weighted by molar-refractivity contribution is -0.146. The first-order chi connectivity index (χ1) is 4.70. The van der Waals surface area contributed by atoms with Gasteiger partial charge in [-0.2, -0.15) is 0 Å². The van der Waals surface area contributed by atoms with Crippen LogP contribution in [0.5, 0.6) is 0 Å². The summed E-state index contributed by atoms with van der Waals surface area (Å²) in [6.45, 7) is 0. The molecule has 0 bridgehead atoms. The summed E-state index contributed by atoms with van der Waals surface area (Å²) in [6.07, 6.45) is 4.98. The summed E-state index contributed by atoms with van der Waals surface area (Å²) < 4.78 is 0. The molecule has 0 aliphatic heterocycles. The minimum absolute atomic E-state index is 0.461. The normalized spacial score (nSPS) is 17.6. The maximum Gasteiger partial charge on any atom is 0.376 e. The van der Waals surface area contributed by atoms with Gasteiger partial charge in [0.2, 0.25) is 0 Å². The molecule has 1 saturated carbocycles. The third kappa shape index (κ3) is 2.01. The van der Waals surface area contributed by atoms with Crippen molar-refractivity contribution in [3.05, 3.63) is 12.2 Å². The summed E-state index contributed by atoms with van der Waals surface area (Å²) in [5.41, 5.74) is 0. The van der Waals surface area contributed by atoms with E-state index in [0.29, 0.717) is 5.92 Å². The predicted molar refractivity (Wildman–Crippen MR) is 34.5 cm³/mol. The van der Waals surface area contributed by atoms with Crippen LogP contribution in [0, 0.1) is 5.92 Å². The Kier molecular flexibility index (Phi) is 1.85. The Morgan fingerprint density at radius 2 is 2.00 bits per heavy atom. The van der Waals surface area contributed by atoms with Gasteiger partial charge in [-0.15, -0.1) is 0 Å². The zero-order valence-electron chi connectivity index (χ0n) is 5.41. The molecule has 0 heterocycles. The van der Waals surface area contributed by atoms with Gasteiger partial charge in [-0.05, 0) is 24.8 Å². The highest BCUT2D eigenvalue weighted by Gasteiger charge is 2.18. The largest absolute Gasteiger partial charge is 0.475 e. The number of aliphatic carboxylic acids is 1. The van der Waals surface area contributed by atoms with Crippen LogP contribution in [0.4, 0.5) is 0 Å². The maximum absolute atomic E-state index is 10.4. The first-order valence-electron chi connectivity index (χ1n) is 3.15. The standard InChI is InChI=1S/C7H8O3/c8-6(7(9)10)4-3-5-1-2-5/h3-5H,1-2H2,(H,9,10)/b4-3+. The molecule has 0 atom stereocenters. The number of rotatable bonds is 3. The molecule has 10 heavy (non-hydrogen) atoms. The van der Waals surface area contributed by atoms with Crippen LogP contribution >= 0.6 is 0 Å². The molecular formula is C7H8O3. The van der Waals surface area contributed by atoms with Crippen LogP contribution in [0.3, 0.4) is 0 Å². The van der Waals surface area contributed by atoms with Crippen molar-refractivity contribution in [1.82, 2.24) is 0 Å². The highest BCUT2D eigenvalue weighted by atomic mass is 16.4. The SMILES string of the molecule is O=C(O)C(=O)/C=C/C1CC1. The summed E-state index contributed by atoms with van der Waals surface area (Å²) in [5, 5.41) is 8.11. The fourth-order valence-electron chi connectivity index (χ4n) is 0.583. The topological polar surface area (TPSA) is 54.4 Å². The number of hydrogen-bond acceptors (Lipinski definition) is 2. The Bertz CT molecular complexity index is 189. The molecule has 0 aromatic carbocycles. The molecule has 54 valence electrons. The van der Waals surface area contributed by atoms with Crippen LogP contribution in [0.1, 0.15) is 12.8 Å². The number of carboxylic acid groups (broad SMARTS) is 1. The number of ketones is 1. The number of hydrogen-bond donors (Lipinski definition) is 1. The average Bonchev–Trinajstić information content (AvgIpc) is 2.64. The van der Waals surface area contributed by atoms with Crippen molar-refractivity contribution in [2.45, 2.75) is 12.8 Å². The van der Waals surface area contributed by atoms with E-state index in [-0.39, 0.29) is 0 Å². The molecule has 3 heteroatoms. The van der Waals surface area contributed by atoms with Gasteiger partial charge in [-0.25, -0.2) is 4.79 Å². The molecule has 1 fully saturated rings. The molecule has 3 nitrogen and oxygen atoms in total. The first kappa shape index (κ1) is 6.99. The van der Waals surface area contributed by atoms with E-state index < -0.39 is 11.8 Å². The van der Waals surface area contributed by atoms with E-state index in [1.807, 2.05) is 0 Å². The third-order valence-corrected chi connectivity index (χ3v) is 1.35. The molecular weight excluding hydrogens is 132 g/mol. The zero-order valence-corrected chi connectivity index (χ0v) is 5.41. The van der Waals surface area contributed by atoms with Crippen LogP contribution in [-0.2, 0) is 9.59 Å². The van der Waals surface area contributed by atoms with E-state index in [1.165, 1.54) is 0 Å².